The number of piperidine rings is 1. The van der Waals surface area contributed by atoms with Gasteiger partial charge in [-0.3, -0.25) is 9.89 Å². The number of fused-ring (bicyclic) bond motifs is 1. The van der Waals surface area contributed by atoms with Crippen molar-refractivity contribution < 1.29 is 4.79 Å². The topological polar surface area (TPSA) is 77.7 Å². The standard InChI is InChI=1S/C20H25N5O/c1-13-14(2)23-24-16(13)9-10-19(26)25-11-5-6-15(12-25)20-21-17-7-3-4-8-18(17)22-20/h3-4,7-8,15H,5-6,9-12H2,1-2H3,(H,21,22)(H,23,24)/t15-/m1/s1. The quantitative estimate of drug-likeness (QED) is 0.757. The fraction of sp³-hybridized carbons (Fsp3) is 0.450. The van der Waals surface area contributed by atoms with Gasteiger partial charge in [0.25, 0.3) is 0 Å². The van der Waals surface area contributed by atoms with E-state index in [4.69, 9.17) is 4.98 Å². The number of aromatic nitrogens is 4. The number of aromatic amines is 2. The van der Waals surface area contributed by atoms with Crippen LogP contribution in [0.4, 0.5) is 0 Å². The number of imidazole rings is 1. The molecular weight excluding hydrogens is 326 g/mol. The molecule has 0 bridgehead atoms. The summed E-state index contributed by atoms with van der Waals surface area (Å²) >= 11 is 0. The van der Waals surface area contributed by atoms with Crippen LogP contribution in [0.5, 0.6) is 0 Å². The van der Waals surface area contributed by atoms with Gasteiger partial charge in [-0.2, -0.15) is 5.10 Å². The molecule has 0 spiro atoms. The molecule has 4 rings (SSSR count). The number of carbonyl (C=O) groups excluding carboxylic acids is 1. The predicted octanol–water partition coefficient (Wildman–Crippen LogP) is 3.24. The Kier molecular flexibility index (Phi) is 4.49. The van der Waals surface area contributed by atoms with Gasteiger partial charge in [-0.25, -0.2) is 4.98 Å². The van der Waals surface area contributed by atoms with Crippen molar-refractivity contribution in [3.8, 4) is 0 Å². The van der Waals surface area contributed by atoms with Crippen molar-refractivity contribution in [1.29, 1.82) is 0 Å². The smallest absolute Gasteiger partial charge is 0.222 e. The van der Waals surface area contributed by atoms with Gasteiger partial charge >= 0.3 is 0 Å². The first-order valence-electron chi connectivity index (χ1n) is 9.34. The Bertz CT molecular complexity index is 892. The molecule has 6 nitrogen and oxygen atoms in total. The van der Waals surface area contributed by atoms with Crippen molar-refractivity contribution in [3.05, 3.63) is 47.0 Å². The van der Waals surface area contributed by atoms with E-state index in [1.165, 1.54) is 0 Å². The number of amides is 1. The molecule has 2 N–H and O–H groups in total. The van der Waals surface area contributed by atoms with Crippen LogP contribution in [-0.2, 0) is 11.2 Å². The highest BCUT2D eigenvalue weighted by Crippen LogP contribution is 2.27. The summed E-state index contributed by atoms with van der Waals surface area (Å²) in [5, 5.41) is 7.30. The third-order valence-electron chi connectivity index (χ3n) is 5.50. The van der Waals surface area contributed by atoms with E-state index >= 15 is 0 Å². The van der Waals surface area contributed by atoms with Gasteiger partial charge in [-0.1, -0.05) is 12.1 Å². The van der Waals surface area contributed by atoms with E-state index in [2.05, 4.69) is 22.1 Å². The molecule has 1 aliphatic rings. The summed E-state index contributed by atoms with van der Waals surface area (Å²) in [5.41, 5.74) is 5.30. The summed E-state index contributed by atoms with van der Waals surface area (Å²) in [5.74, 6) is 1.50. The number of para-hydroxylation sites is 2. The van der Waals surface area contributed by atoms with Crippen LogP contribution in [0.3, 0.4) is 0 Å². The largest absolute Gasteiger partial charge is 0.342 e. The minimum atomic E-state index is 0.214. The summed E-state index contributed by atoms with van der Waals surface area (Å²) < 4.78 is 0. The van der Waals surface area contributed by atoms with E-state index in [-0.39, 0.29) is 11.8 Å². The molecule has 1 atom stereocenters. The molecule has 0 saturated carbocycles. The molecule has 6 heteroatoms. The highest BCUT2D eigenvalue weighted by molar-refractivity contribution is 5.77. The van der Waals surface area contributed by atoms with E-state index in [0.29, 0.717) is 12.8 Å². The lowest BCUT2D eigenvalue weighted by Crippen LogP contribution is -2.39. The normalized spacial score (nSPS) is 17.8. The summed E-state index contributed by atoms with van der Waals surface area (Å²) in [6.07, 6.45) is 3.30. The molecule has 0 radical (unpaired) electrons. The first kappa shape index (κ1) is 16.8. The second kappa shape index (κ2) is 6.94. The second-order valence-electron chi connectivity index (χ2n) is 7.24. The molecule has 2 aromatic heterocycles. The van der Waals surface area contributed by atoms with Crippen molar-refractivity contribution in [1.82, 2.24) is 25.1 Å². The minimum absolute atomic E-state index is 0.214. The van der Waals surface area contributed by atoms with Gasteiger partial charge in [0.2, 0.25) is 5.91 Å². The Balaban J connectivity index is 1.41. The van der Waals surface area contributed by atoms with E-state index in [1.807, 2.05) is 36.1 Å². The van der Waals surface area contributed by atoms with Crippen LogP contribution in [0.2, 0.25) is 0 Å². The van der Waals surface area contributed by atoms with Crippen molar-refractivity contribution in [2.75, 3.05) is 13.1 Å². The van der Waals surface area contributed by atoms with Gasteiger partial charge in [0.15, 0.2) is 0 Å². The van der Waals surface area contributed by atoms with Gasteiger partial charge < -0.3 is 9.88 Å². The Morgan fingerprint density at radius 2 is 2.15 bits per heavy atom. The fourth-order valence-electron chi connectivity index (χ4n) is 3.76. The molecule has 136 valence electrons. The zero-order valence-corrected chi connectivity index (χ0v) is 15.4. The van der Waals surface area contributed by atoms with Gasteiger partial charge in [0.1, 0.15) is 5.82 Å². The number of benzene rings is 1. The number of hydrogen-bond donors (Lipinski definition) is 2. The molecule has 0 unspecified atom stereocenters. The Labute approximate surface area is 153 Å². The summed E-state index contributed by atoms with van der Waals surface area (Å²) in [4.78, 5) is 22.9. The number of nitrogens with zero attached hydrogens (tertiary/aromatic N) is 3. The van der Waals surface area contributed by atoms with Gasteiger partial charge in [-0.15, -0.1) is 0 Å². The zero-order valence-electron chi connectivity index (χ0n) is 15.4. The van der Waals surface area contributed by atoms with Crippen LogP contribution in [0.15, 0.2) is 24.3 Å². The van der Waals surface area contributed by atoms with Crippen LogP contribution in [-0.4, -0.2) is 44.1 Å². The van der Waals surface area contributed by atoms with Gasteiger partial charge in [0.05, 0.1) is 16.7 Å². The van der Waals surface area contributed by atoms with Crippen LogP contribution in [0.25, 0.3) is 11.0 Å². The monoisotopic (exact) mass is 351 g/mol. The lowest BCUT2D eigenvalue weighted by molar-refractivity contribution is -0.132. The predicted molar refractivity (Wildman–Crippen MR) is 101 cm³/mol. The van der Waals surface area contributed by atoms with Crippen LogP contribution in [0, 0.1) is 13.8 Å². The van der Waals surface area contributed by atoms with E-state index < -0.39 is 0 Å². The first-order chi connectivity index (χ1) is 12.6. The van der Waals surface area contributed by atoms with Crippen LogP contribution < -0.4 is 0 Å². The molecule has 3 aromatic rings. The maximum Gasteiger partial charge on any atom is 0.222 e. The molecule has 1 amide bonds. The molecule has 26 heavy (non-hydrogen) atoms. The molecule has 1 fully saturated rings. The molecular formula is C20H25N5O. The van der Waals surface area contributed by atoms with Crippen molar-refractivity contribution in [2.24, 2.45) is 0 Å². The second-order valence-corrected chi connectivity index (χ2v) is 7.24. The number of rotatable bonds is 4. The molecule has 0 aliphatic carbocycles. The average Bonchev–Trinajstić information content (AvgIpc) is 3.24. The lowest BCUT2D eigenvalue weighted by atomic mass is 9.97. The maximum atomic E-state index is 12.7. The van der Waals surface area contributed by atoms with Crippen molar-refractivity contribution >= 4 is 16.9 Å². The van der Waals surface area contributed by atoms with E-state index in [9.17, 15) is 4.79 Å². The number of nitrogens with one attached hydrogen (secondary N) is 2. The number of carbonyl (C=O) groups is 1. The Hall–Kier alpha value is -2.63. The average molecular weight is 351 g/mol. The molecule has 1 aliphatic heterocycles. The SMILES string of the molecule is Cc1[nH]nc(CCC(=O)N2CCC[C@@H](c3nc4ccccc4[nH]3)C2)c1C. The van der Waals surface area contributed by atoms with Gasteiger partial charge in [0, 0.05) is 37.5 Å². The van der Waals surface area contributed by atoms with Gasteiger partial charge in [-0.05, 0) is 44.4 Å². The third-order valence-corrected chi connectivity index (χ3v) is 5.50. The molecule has 1 saturated heterocycles. The van der Waals surface area contributed by atoms with E-state index in [1.54, 1.807) is 0 Å². The van der Waals surface area contributed by atoms with Crippen LogP contribution >= 0.6 is 0 Å². The summed E-state index contributed by atoms with van der Waals surface area (Å²) in [7, 11) is 0. The zero-order chi connectivity index (χ0) is 18.1. The summed E-state index contributed by atoms with van der Waals surface area (Å²) in [6, 6.07) is 8.09. The van der Waals surface area contributed by atoms with Crippen LogP contribution in [0.1, 0.15) is 48.0 Å². The number of aryl methyl sites for hydroxylation is 2. The summed E-state index contributed by atoms with van der Waals surface area (Å²) in [6.45, 7) is 5.65. The minimum Gasteiger partial charge on any atom is -0.342 e. The molecule has 1 aromatic carbocycles. The number of H-pyrrole nitrogens is 2. The maximum absolute atomic E-state index is 12.7. The number of likely N-dealkylation sites (tertiary alicyclic amines) is 1. The fourth-order valence-corrected chi connectivity index (χ4v) is 3.76. The Morgan fingerprint density at radius 1 is 1.31 bits per heavy atom. The lowest BCUT2D eigenvalue weighted by Gasteiger charge is -2.32. The third kappa shape index (κ3) is 3.23. The van der Waals surface area contributed by atoms with Crippen molar-refractivity contribution in [3.63, 3.8) is 0 Å². The highest BCUT2D eigenvalue weighted by Gasteiger charge is 2.26. The molecule has 3 heterocycles. The highest BCUT2D eigenvalue weighted by atomic mass is 16.2. The van der Waals surface area contributed by atoms with Crippen molar-refractivity contribution in [2.45, 2.75) is 45.4 Å². The number of hydrogen-bond acceptors (Lipinski definition) is 3. The Morgan fingerprint density at radius 3 is 2.92 bits per heavy atom. The first-order valence-corrected chi connectivity index (χ1v) is 9.34. The van der Waals surface area contributed by atoms with E-state index in [0.717, 1.165) is 59.7 Å².